The van der Waals surface area contributed by atoms with Gasteiger partial charge in [0, 0.05) is 10.4 Å². The minimum atomic E-state index is -0.698. The highest BCUT2D eigenvalue weighted by Crippen LogP contribution is 2.36. The van der Waals surface area contributed by atoms with Crippen molar-refractivity contribution in [3.63, 3.8) is 0 Å². The molecule has 11 heteroatoms. The molecule has 0 aliphatic carbocycles. The number of primary amides is 1. The van der Waals surface area contributed by atoms with Crippen molar-refractivity contribution in [1.29, 1.82) is 5.26 Å². The molecule has 3 aromatic rings. The average Bonchev–Trinajstić information content (AvgIpc) is 3.34. The fourth-order valence-electron chi connectivity index (χ4n) is 3.24. The quantitative estimate of drug-likeness (QED) is 0.552. The Bertz CT molecular complexity index is 1190. The van der Waals surface area contributed by atoms with Crippen molar-refractivity contribution in [1.82, 2.24) is 5.16 Å². The lowest BCUT2D eigenvalue weighted by Crippen LogP contribution is -2.22. The molecule has 1 aliphatic heterocycles. The number of nitriles is 1. The number of benzene rings is 1. The predicted molar refractivity (Wildman–Crippen MR) is 112 cm³/mol. The summed E-state index contributed by atoms with van der Waals surface area (Å²) in [6, 6.07) is 8.18. The molecule has 1 aliphatic rings. The molecule has 0 unspecified atom stereocenters. The third-order valence-electron chi connectivity index (χ3n) is 4.69. The van der Waals surface area contributed by atoms with Crippen molar-refractivity contribution >= 4 is 34.2 Å². The second kappa shape index (κ2) is 8.47. The van der Waals surface area contributed by atoms with Crippen molar-refractivity contribution in [2.75, 3.05) is 24.4 Å². The number of nitrogens with two attached hydrogens (primary N) is 1. The molecule has 1 aromatic carbocycles. The average molecular weight is 439 g/mol. The van der Waals surface area contributed by atoms with Crippen LogP contribution < -0.4 is 21.1 Å². The van der Waals surface area contributed by atoms with Gasteiger partial charge in [0.25, 0.3) is 11.8 Å². The molecule has 4 N–H and O–H groups in total. The van der Waals surface area contributed by atoms with E-state index in [2.05, 4.69) is 15.8 Å². The Morgan fingerprint density at radius 1 is 1.29 bits per heavy atom. The van der Waals surface area contributed by atoms with Crippen LogP contribution in [-0.2, 0) is 17.8 Å². The van der Waals surface area contributed by atoms with Gasteiger partial charge in [-0.15, -0.1) is 11.3 Å². The van der Waals surface area contributed by atoms with Crippen LogP contribution in [0.25, 0.3) is 11.3 Å². The Morgan fingerprint density at radius 2 is 2.06 bits per heavy atom. The molecule has 3 amide bonds. The molecule has 0 atom stereocenters. The third-order valence-corrected chi connectivity index (χ3v) is 5.81. The van der Waals surface area contributed by atoms with Crippen molar-refractivity contribution in [2.45, 2.75) is 13.0 Å². The van der Waals surface area contributed by atoms with Crippen molar-refractivity contribution in [3.8, 4) is 23.1 Å². The largest absolute Gasteiger partial charge is 0.497 e. The number of nitrogens with zero attached hydrogens (tertiary/aromatic N) is 2. The highest BCUT2D eigenvalue weighted by molar-refractivity contribution is 7.17. The van der Waals surface area contributed by atoms with Gasteiger partial charge in [0.2, 0.25) is 0 Å². The zero-order valence-corrected chi connectivity index (χ0v) is 17.2. The fourth-order valence-corrected chi connectivity index (χ4v) is 4.43. The topological polar surface area (TPSA) is 152 Å². The van der Waals surface area contributed by atoms with Crippen LogP contribution in [-0.4, -0.2) is 30.8 Å². The molecule has 2 aromatic heterocycles. The standard InChI is InChI=1S/C20H17N5O5S/c1-28-11-4-2-10(3-5-11)16-13(8-21)18(30-25-16)23-20(27)24-19-15(17(22)26)12-6-7-29-9-14(12)31-19/h2-5H,6-7,9H2,1H3,(H2,22,26)(H2,23,24,27). The van der Waals surface area contributed by atoms with Gasteiger partial charge < -0.3 is 19.7 Å². The van der Waals surface area contributed by atoms with Gasteiger partial charge in [-0.25, -0.2) is 4.79 Å². The predicted octanol–water partition coefficient (Wildman–Crippen LogP) is 3.10. The smallest absolute Gasteiger partial charge is 0.326 e. The first kappa shape index (κ1) is 20.4. The van der Waals surface area contributed by atoms with Crippen LogP contribution in [0, 0.1) is 11.3 Å². The summed E-state index contributed by atoms with van der Waals surface area (Å²) in [7, 11) is 1.55. The summed E-state index contributed by atoms with van der Waals surface area (Å²) >= 11 is 1.22. The number of fused-ring (bicyclic) bond motifs is 1. The molecular weight excluding hydrogens is 422 g/mol. The number of nitrogens with one attached hydrogen (secondary N) is 2. The molecule has 0 saturated heterocycles. The van der Waals surface area contributed by atoms with Crippen LogP contribution in [0.4, 0.5) is 15.7 Å². The van der Waals surface area contributed by atoms with E-state index in [1.807, 2.05) is 6.07 Å². The van der Waals surface area contributed by atoms with Gasteiger partial charge in [-0.2, -0.15) is 5.26 Å². The molecule has 0 saturated carbocycles. The normalized spacial score (nSPS) is 12.5. The van der Waals surface area contributed by atoms with Crippen LogP contribution in [0.1, 0.15) is 26.4 Å². The number of hydrogen-bond donors (Lipinski definition) is 3. The first-order valence-corrected chi connectivity index (χ1v) is 9.97. The van der Waals surface area contributed by atoms with Gasteiger partial charge in [0.15, 0.2) is 0 Å². The lowest BCUT2D eigenvalue weighted by molar-refractivity contribution is 0.0991. The zero-order chi connectivity index (χ0) is 22.0. The van der Waals surface area contributed by atoms with E-state index in [0.717, 1.165) is 10.4 Å². The Labute approximate surface area is 180 Å². The molecule has 31 heavy (non-hydrogen) atoms. The van der Waals surface area contributed by atoms with Crippen molar-refractivity contribution in [2.24, 2.45) is 5.73 Å². The summed E-state index contributed by atoms with van der Waals surface area (Å²) in [5, 5.41) is 18.9. The Morgan fingerprint density at radius 3 is 2.74 bits per heavy atom. The Balaban J connectivity index is 1.56. The number of urea groups is 1. The second-order valence-electron chi connectivity index (χ2n) is 6.53. The Kier molecular flexibility index (Phi) is 5.57. The summed E-state index contributed by atoms with van der Waals surface area (Å²) < 4.78 is 15.7. The molecule has 0 fully saturated rings. The molecule has 158 valence electrons. The SMILES string of the molecule is COc1ccc(-c2noc(NC(=O)Nc3sc4c(c3C(N)=O)CCOC4)c2C#N)cc1. The highest BCUT2D eigenvalue weighted by Gasteiger charge is 2.26. The van der Waals surface area contributed by atoms with E-state index >= 15 is 0 Å². The number of amides is 3. The van der Waals surface area contributed by atoms with Gasteiger partial charge in [-0.05, 0) is 36.2 Å². The maximum Gasteiger partial charge on any atom is 0.326 e. The van der Waals surface area contributed by atoms with Crippen molar-refractivity contribution in [3.05, 3.63) is 45.8 Å². The molecule has 10 nitrogen and oxygen atoms in total. The van der Waals surface area contributed by atoms with Crippen LogP contribution in [0.2, 0.25) is 0 Å². The number of aromatic nitrogens is 1. The molecule has 0 spiro atoms. The van der Waals surface area contributed by atoms with E-state index in [0.29, 0.717) is 35.9 Å². The second-order valence-corrected chi connectivity index (χ2v) is 7.63. The maximum atomic E-state index is 12.6. The fraction of sp³-hybridized carbons (Fsp3) is 0.200. The van der Waals surface area contributed by atoms with E-state index in [1.165, 1.54) is 11.3 Å². The van der Waals surface area contributed by atoms with Gasteiger partial charge in [0.1, 0.15) is 28.1 Å². The number of anilines is 2. The number of hydrogen-bond acceptors (Lipinski definition) is 8. The monoisotopic (exact) mass is 439 g/mol. The van der Waals surface area contributed by atoms with E-state index in [-0.39, 0.29) is 22.7 Å². The number of ether oxygens (including phenoxy) is 2. The van der Waals surface area contributed by atoms with Gasteiger partial charge in [0.05, 0.1) is 25.9 Å². The number of carbonyl (C=O) groups is 2. The third kappa shape index (κ3) is 3.94. The number of thiophene rings is 1. The van der Waals surface area contributed by atoms with Crippen LogP contribution in [0.3, 0.4) is 0 Å². The van der Waals surface area contributed by atoms with Crippen molar-refractivity contribution < 1.29 is 23.6 Å². The number of rotatable bonds is 5. The summed E-state index contributed by atoms with van der Waals surface area (Å²) in [6.07, 6.45) is 0.541. The van der Waals surface area contributed by atoms with Gasteiger partial charge >= 0.3 is 6.03 Å². The lowest BCUT2D eigenvalue weighted by atomic mass is 10.1. The lowest BCUT2D eigenvalue weighted by Gasteiger charge is -2.12. The molecule has 0 bridgehead atoms. The molecular formula is C20H17N5O5S. The summed E-state index contributed by atoms with van der Waals surface area (Å²) in [4.78, 5) is 25.3. The van der Waals surface area contributed by atoms with Gasteiger partial charge in [-0.1, -0.05) is 5.16 Å². The molecule has 4 rings (SSSR count). The molecule has 3 heterocycles. The van der Waals surface area contributed by atoms with Crippen LogP contribution >= 0.6 is 11.3 Å². The van der Waals surface area contributed by atoms with Crippen LogP contribution in [0.15, 0.2) is 28.8 Å². The Hall–Kier alpha value is -3.88. The minimum absolute atomic E-state index is 0.0642. The van der Waals surface area contributed by atoms with E-state index in [4.69, 9.17) is 19.7 Å². The minimum Gasteiger partial charge on any atom is -0.497 e. The van der Waals surface area contributed by atoms with Gasteiger partial charge in [-0.3, -0.25) is 15.4 Å². The highest BCUT2D eigenvalue weighted by atomic mass is 32.1. The number of carbonyl (C=O) groups excluding carboxylic acids is 2. The van der Waals surface area contributed by atoms with E-state index in [1.54, 1.807) is 31.4 Å². The summed E-state index contributed by atoms with van der Waals surface area (Å²) in [5.41, 5.74) is 7.55. The van der Waals surface area contributed by atoms with E-state index < -0.39 is 11.9 Å². The maximum absolute atomic E-state index is 12.6. The van der Waals surface area contributed by atoms with E-state index in [9.17, 15) is 14.9 Å². The van der Waals surface area contributed by atoms with Crippen LogP contribution in [0.5, 0.6) is 5.75 Å². The summed E-state index contributed by atoms with van der Waals surface area (Å²) in [5.74, 6) is -0.0947. The molecule has 0 radical (unpaired) electrons. The zero-order valence-electron chi connectivity index (χ0n) is 16.4. The summed E-state index contributed by atoms with van der Waals surface area (Å²) in [6.45, 7) is 0.836. The first-order valence-electron chi connectivity index (χ1n) is 9.16. The first-order chi connectivity index (χ1) is 15.0. The number of methoxy groups -OCH3 is 1.